The number of nitrogens with one attached hydrogen (secondary N) is 1. The fraction of sp³-hybridized carbons (Fsp3) is 0.273. The summed E-state index contributed by atoms with van der Waals surface area (Å²) in [7, 11) is -4.17. The summed E-state index contributed by atoms with van der Waals surface area (Å²) in [5.41, 5.74) is 1.07. The van der Waals surface area contributed by atoms with Crippen LogP contribution in [0, 0.1) is 0 Å². The monoisotopic (exact) mass is 533 g/mol. The molecule has 0 spiro atoms. The molecule has 0 heterocycles. The molecule has 190 valence electrons. The molecule has 0 bridgehead atoms. The highest BCUT2D eigenvalue weighted by Crippen LogP contribution is 2.36. The molecule has 2 aromatic rings. The molecular weight excluding hydrogens is 511 g/mol. The van der Waals surface area contributed by atoms with Gasteiger partial charge >= 0.3 is 6.18 Å². The first-order chi connectivity index (χ1) is 16.4. The highest BCUT2D eigenvalue weighted by molar-refractivity contribution is 7.92. The van der Waals surface area contributed by atoms with Crippen molar-refractivity contribution in [2.45, 2.75) is 13.1 Å². The van der Waals surface area contributed by atoms with Crippen LogP contribution in [-0.2, 0) is 21.0 Å². The second-order valence-corrected chi connectivity index (χ2v) is 9.28. The zero-order chi connectivity index (χ0) is 26.2. The lowest BCUT2D eigenvalue weighted by Crippen LogP contribution is -2.39. The van der Waals surface area contributed by atoms with E-state index >= 15 is 0 Å². The van der Waals surface area contributed by atoms with Crippen LogP contribution in [0.25, 0.3) is 0 Å². The Hall–Kier alpha value is -3.25. The Morgan fingerprint density at radius 1 is 1.20 bits per heavy atom. The van der Waals surface area contributed by atoms with E-state index in [0.717, 1.165) is 12.3 Å². The highest BCUT2D eigenvalue weighted by atomic mass is 35.5. The molecule has 8 nitrogen and oxygen atoms in total. The highest BCUT2D eigenvalue weighted by Gasteiger charge is 2.33. The Kier molecular flexibility index (Phi) is 9.55. The Labute approximate surface area is 206 Å². The first-order valence-corrected chi connectivity index (χ1v) is 12.3. The van der Waals surface area contributed by atoms with E-state index in [-0.39, 0.29) is 11.6 Å². The maximum Gasteiger partial charge on any atom is 0.416 e. The van der Waals surface area contributed by atoms with E-state index in [2.05, 4.69) is 17.1 Å². The number of carbonyl (C=O) groups is 1. The van der Waals surface area contributed by atoms with Gasteiger partial charge in [-0.15, -0.1) is 0 Å². The molecule has 0 aliphatic heterocycles. The number of nitrogens with zero attached hydrogens (tertiary/aromatic N) is 2. The van der Waals surface area contributed by atoms with Crippen molar-refractivity contribution in [3.63, 3.8) is 0 Å². The number of hydrogen-bond acceptors (Lipinski definition) is 6. The van der Waals surface area contributed by atoms with Gasteiger partial charge in [-0.2, -0.15) is 18.3 Å². The number of benzene rings is 2. The smallest absolute Gasteiger partial charge is 0.416 e. The lowest BCUT2D eigenvalue weighted by molar-refractivity contribution is -0.137. The van der Waals surface area contributed by atoms with Gasteiger partial charge in [0.25, 0.3) is 5.91 Å². The summed E-state index contributed by atoms with van der Waals surface area (Å²) in [6, 6.07) is 7.07. The van der Waals surface area contributed by atoms with Crippen molar-refractivity contribution in [3.8, 4) is 11.5 Å². The molecule has 0 aliphatic rings. The number of hydrogen-bond donors (Lipinski definition) is 1. The average molecular weight is 534 g/mol. The van der Waals surface area contributed by atoms with Gasteiger partial charge in [-0.05, 0) is 48.9 Å². The van der Waals surface area contributed by atoms with E-state index in [4.69, 9.17) is 21.1 Å². The van der Waals surface area contributed by atoms with Gasteiger partial charge in [-0.25, -0.2) is 13.8 Å². The van der Waals surface area contributed by atoms with E-state index in [0.29, 0.717) is 40.1 Å². The summed E-state index contributed by atoms with van der Waals surface area (Å²) in [5.74, 6) is 0.0119. The number of anilines is 1. The predicted molar refractivity (Wildman–Crippen MR) is 128 cm³/mol. The molecule has 0 saturated carbocycles. The van der Waals surface area contributed by atoms with Crippen molar-refractivity contribution in [2.24, 2.45) is 5.10 Å². The van der Waals surface area contributed by atoms with E-state index < -0.39 is 39.9 Å². The third-order valence-electron chi connectivity index (χ3n) is 4.26. The van der Waals surface area contributed by atoms with Crippen molar-refractivity contribution in [1.29, 1.82) is 0 Å². The minimum Gasteiger partial charge on any atom is -0.490 e. The molecular formula is C22H23ClF3N3O5S. The summed E-state index contributed by atoms with van der Waals surface area (Å²) in [5, 5.41) is 3.50. The first kappa shape index (κ1) is 28.0. The van der Waals surface area contributed by atoms with Crippen LogP contribution in [0.15, 0.2) is 54.2 Å². The van der Waals surface area contributed by atoms with Crippen LogP contribution >= 0.6 is 11.6 Å². The Balaban J connectivity index is 2.19. The molecule has 0 fully saturated rings. The molecule has 1 N–H and O–H groups in total. The van der Waals surface area contributed by atoms with Crippen molar-refractivity contribution in [1.82, 2.24) is 5.43 Å². The van der Waals surface area contributed by atoms with Gasteiger partial charge in [0, 0.05) is 0 Å². The zero-order valence-corrected chi connectivity index (χ0v) is 20.4. The number of amides is 1. The molecule has 13 heteroatoms. The molecule has 1 amide bonds. The van der Waals surface area contributed by atoms with Crippen LogP contribution < -0.4 is 19.2 Å². The number of alkyl halides is 3. The second-order valence-electron chi connectivity index (χ2n) is 6.97. The summed E-state index contributed by atoms with van der Waals surface area (Å²) in [6.45, 7) is 5.17. The van der Waals surface area contributed by atoms with Gasteiger partial charge in [-0.1, -0.05) is 24.3 Å². The quantitative estimate of drug-likeness (QED) is 0.265. The molecule has 0 saturated heterocycles. The van der Waals surface area contributed by atoms with Crippen molar-refractivity contribution in [3.05, 3.63) is 65.2 Å². The van der Waals surface area contributed by atoms with Crippen molar-refractivity contribution >= 4 is 39.4 Å². The SMILES string of the molecule is C=CCOc1ccc(C=NNC(=O)CN(c2cc(C(F)(F)F)ccc2Cl)S(C)(=O)=O)cc1OCC. The minimum absolute atomic E-state index is 0.274. The number of rotatable bonds is 11. The first-order valence-electron chi connectivity index (χ1n) is 10.0. The van der Waals surface area contributed by atoms with Crippen molar-refractivity contribution in [2.75, 3.05) is 30.3 Å². The Morgan fingerprint density at radius 3 is 2.51 bits per heavy atom. The number of halogens is 4. The minimum atomic E-state index is -4.73. The summed E-state index contributed by atoms with van der Waals surface area (Å²) >= 11 is 5.94. The van der Waals surface area contributed by atoms with Gasteiger partial charge in [0.2, 0.25) is 10.0 Å². The largest absolute Gasteiger partial charge is 0.490 e. The van der Waals surface area contributed by atoms with E-state index in [1.165, 1.54) is 6.21 Å². The average Bonchev–Trinajstić information content (AvgIpc) is 2.76. The molecule has 2 aromatic carbocycles. The van der Waals surface area contributed by atoms with Gasteiger partial charge in [-0.3, -0.25) is 9.10 Å². The fourth-order valence-corrected chi connectivity index (χ4v) is 3.88. The molecule has 0 aromatic heterocycles. The summed E-state index contributed by atoms with van der Waals surface area (Å²) < 4.78 is 75.2. The van der Waals surface area contributed by atoms with Gasteiger partial charge in [0.05, 0.1) is 35.4 Å². The lowest BCUT2D eigenvalue weighted by atomic mass is 10.2. The maximum absolute atomic E-state index is 13.1. The number of carbonyl (C=O) groups excluding carboxylic acids is 1. The third kappa shape index (κ3) is 8.18. The van der Waals surface area contributed by atoms with Gasteiger partial charge < -0.3 is 9.47 Å². The topological polar surface area (TPSA) is 97.3 Å². The van der Waals surface area contributed by atoms with E-state index in [1.807, 2.05) is 0 Å². The van der Waals surface area contributed by atoms with Crippen LogP contribution in [0.4, 0.5) is 18.9 Å². The van der Waals surface area contributed by atoms with Crippen LogP contribution in [0.3, 0.4) is 0 Å². The summed E-state index contributed by atoms with van der Waals surface area (Å²) in [6.07, 6.45) is -1.14. The normalized spacial score (nSPS) is 11.8. The van der Waals surface area contributed by atoms with Crippen LogP contribution in [0.2, 0.25) is 5.02 Å². The van der Waals surface area contributed by atoms with Gasteiger partial charge in [0.1, 0.15) is 13.2 Å². The fourth-order valence-electron chi connectivity index (χ4n) is 2.75. The predicted octanol–water partition coefficient (Wildman–Crippen LogP) is 4.24. The number of hydrazone groups is 1. The molecule has 0 atom stereocenters. The van der Waals surface area contributed by atoms with Gasteiger partial charge in [0.15, 0.2) is 11.5 Å². The molecule has 0 radical (unpaired) electrons. The second kappa shape index (κ2) is 11.9. The Bertz CT molecular complexity index is 1200. The van der Waals surface area contributed by atoms with Crippen LogP contribution in [0.5, 0.6) is 11.5 Å². The summed E-state index contributed by atoms with van der Waals surface area (Å²) in [4.78, 5) is 12.3. The third-order valence-corrected chi connectivity index (χ3v) is 5.70. The molecule has 0 unspecified atom stereocenters. The maximum atomic E-state index is 13.1. The number of sulfonamides is 1. The number of ether oxygens (including phenoxy) is 2. The van der Waals surface area contributed by atoms with E-state index in [9.17, 15) is 26.4 Å². The molecule has 0 aliphatic carbocycles. The van der Waals surface area contributed by atoms with Crippen LogP contribution in [-0.4, -0.2) is 46.6 Å². The van der Waals surface area contributed by atoms with Crippen LogP contribution in [0.1, 0.15) is 18.1 Å². The lowest BCUT2D eigenvalue weighted by Gasteiger charge is -2.23. The van der Waals surface area contributed by atoms with Crippen molar-refractivity contribution < 1.29 is 35.9 Å². The Morgan fingerprint density at radius 2 is 1.91 bits per heavy atom. The van der Waals surface area contributed by atoms with E-state index in [1.54, 1.807) is 31.2 Å². The zero-order valence-electron chi connectivity index (χ0n) is 18.8. The molecule has 2 rings (SSSR count). The standard InChI is InChI=1S/C22H23ClF3N3O5S/c1-4-10-34-19-9-6-15(11-20(19)33-5-2)13-27-28-21(30)14-29(35(3,31)32)18-12-16(22(24,25)26)7-8-17(18)23/h4,6-9,11-13H,1,5,10,14H2,2-3H3,(H,28,30). The molecule has 35 heavy (non-hydrogen) atoms.